The lowest BCUT2D eigenvalue weighted by Crippen LogP contribution is -1.84. The average Bonchev–Trinajstić information content (AvgIpc) is 2.35. The van der Waals surface area contributed by atoms with Gasteiger partial charge in [0, 0.05) is 5.02 Å². The minimum Gasteiger partial charge on any atom is -0.0840 e. The molecule has 0 aromatic heterocycles. The van der Waals surface area contributed by atoms with Crippen LogP contribution in [0.2, 0.25) is 5.02 Å². The number of benzene rings is 3. The summed E-state index contributed by atoms with van der Waals surface area (Å²) in [5, 5.41) is 5.90. The Hall–Kier alpha value is -1.53. The van der Waals surface area contributed by atoms with E-state index in [1.165, 1.54) is 27.1 Å². The van der Waals surface area contributed by atoms with Crippen molar-refractivity contribution in [3.05, 3.63) is 59.1 Å². The van der Waals surface area contributed by atoms with Gasteiger partial charge in [-0.15, -0.1) is 0 Å². The first-order valence-electron chi connectivity index (χ1n) is 5.89. The van der Waals surface area contributed by atoms with Crippen molar-refractivity contribution < 1.29 is 0 Å². The molecule has 0 nitrogen and oxygen atoms in total. The van der Waals surface area contributed by atoms with Crippen LogP contribution >= 0.6 is 11.6 Å². The van der Waals surface area contributed by atoms with E-state index in [0.717, 1.165) is 11.4 Å². The van der Waals surface area contributed by atoms with E-state index < -0.39 is 0 Å². The fraction of sp³-hybridized carbons (Fsp3) is 0.125. The summed E-state index contributed by atoms with van der Waals surface area (Å²) in [5.74, 6) is 0. The highest BCUT2D eigenvalue weighted by Gasteiger charge is 2.03. The molecule has 3 rings (SSSR count). The van der Waals surface area contributed by atoms with Gasteiger partial charge in [0.1, 0.15) is 0 Å². The summed E-state index contributed by atoms with van der Waals surface area (Å²) in [6.45, 7) is 2.13. The van der Waals surface area contributed by atoms with Crippen LogP contribution in [0.3, 0.4) is 0 Å². The quantitative estimate of drug-likeness (QED) is 0.513. The molecule has 0 unspecified atom stereocenters. The topological polar surface area (TPSA) is 0 Å². The van der Waals surface area contributed by atoms with E-state index in [1.54, 1.807) is 0 Å². The summed E-state index contributed by atoms with van der Waals surface area (Å²) in [6.07, 6.45) is 0.974. The van der Waals surface area contributed by atoms with Crippen molar-refractivity contribution in [1.29, 1.82) is 0 Å². The monoisotopic (exact) mass is 240 g/mol. The second-order valence-electron chi connectivity index (χ2n) is 4.34. The molecule has 1 heteroatoms. The number of halogens is 1. The predicted molar refractivity (Wildman–Crippen MR) is 75.8 cm³/mol. The summed E-state index contributed by atoms with van der Waals surface area (Å²) in [6, 6.07) is 17.1. The van der Waals surface area contributed by atoms with E-state index >= 15 is 0 Å². The Bertz CT molecular complexity index is 698. The Balaban J connectivity index is 2.40. The lowest BCUT2D eigenvalue weighted by atomic mass is 10.0. The van der Waals surface area contributed by atoms with Crippen LogP contribution in [-0.2, 0) is 6.42 Å². The molecule has 0 aliphatic heterocycles. The van der Waals surface area contributed by atoms with Gasteiger partial charge in [0.25, 0.3) is 0 Å². The van der Waals surface area contributed by atoms with Gasteiger partial charge in [-0.1, -0.05) is 42.8 Å². The number of hydrogen-bond donors (Lipinski definition) is 0. The Labute approximate surface area is 106 Å². The summed E-state index contributed by atoms with van der Waals surface area (Å²) in [4.78, 5) is 0. The van der Waals surface area contributed by atoms with Gasteiger partial charge in [0.2, 0.25) is 0 Å². The first-order chi connectivity index (χ1) is 8.28. The van der Waals surface area contributed by atoms with Gasteiger partial charge in [-0.2, -0.15) is 0 Å². The summed E-state index contributed by atoms with van der Waals surface area (Å²) < 4.78 is 0. The third-order valence-electron chi connectivity index (χ3n) is 3.25. The third kappa shape index (κ3) is 1.79. The van der Waals surface area contributed by atoms with Crippen molar-refractivity contribution >= 4 is 33.1 Å². The van der Waals surface area contributed by atoms with Gasteiger partial charge in [-0.3, -0.25) is 0 Å². The van der Waals surface area contributed by atoms with E-state index in [-0.39, 0.29) is 0 Å². The van der Waals surface area contributed by atoms with E-state index in [0.29, 0.717) is 0 Å². The molecule has 0 aliphatic carbocycles. The minimum atomic E-state index is 0.871. The van der Waals surface area contributed by atoms with Crippen LogP contribution < -0.4 is 0 Å². The van der Waals surface area contributed by atoms with Gasteiger partial charge in [-0.25, -0.2) is 0 Å². The summed E-state index contributed by atoms with van der Waals surface area (Å²) in [7, 11) is 0. The van der Waals surface area contributed by atoms with Gasteiger partial charge in [0.05, 0.1) is 0 Å². The highest BCUT2D eigenvalue weighted by Crippen LogP contribution is 2.28. The molecule has 0 saturated carbocycles. The zero-order valence-electron chi connectivity index (χ0n) is 9.70. The second kappa shape index (κ2) is 4.05. The molecule has 0 saturated heterocycles. The van der Waals surface area contributed by atoms with E-state index in [9.17, 15) is 0 Å². The molecule has 0 N–H and O–H groups in total. The Morgan fingerprint density at radius 1 is 0.824 bits per heavy atom. The van der Waals surface area contributed by atoms with Crippen molar-refractivity contribution in [2.45, 2.75) is 13.3 Å². The van der Waals surface area contributed by atoms with Crippen LogP contribution in [0.15, 0.2) is 48.5 Å². The van der Waals surface area contributed by atoms with Gasteiger partial charge >= 0.3 is 0 Å². The zero-order chi connectivity index (χ0) is 11.8. The number of hydrogen-bond acceptors (Lipinski definition) is 0. The van der Waals surface area contributed by atoms with Crippen LogP contribution in [-0.4, -0.2) is 0 Å². The minimum absolute atomic E-state index is 0.871. The molecular formula is C16H13Cl. The molecular weight excluding hydrogens is 228 g/mol. The van der Waals surface area contributed by atoms with E-state index in [4.69, 9.17) is 11.6 Å². The molecule has 0 spiro atoms. The maximum absolute atomic E-state index is 6.25. The van der Waals surface area contributed by atoms with Crippen molar-refractivity contribution in [2.24, 2.45) is 0 Å². The standard InChI is InChI=1S/C16H13Cl/c1-2-11-7-14-8-12-5-3-4-6-13(12)9-15(14)10-16(11)17/h3-10H,2H2,1H3. The lowest BCUT2D eigenvalue weighted by Gasteiger charge is -2.06. The lowest BCUT2D eigenvalue weighted by molar-refractivity contribution is 1.15. The molecule has 0 atom stereocenters. The molecule has 0 heterocycles. The number of fused-ring (bicyclic) bond motifs is 2. The number of aryl methyl sites for hydroxylation is 1. The van der Waals surface area contributed by atoms with Crippen molar-refractivity contribution in [3.8, 4) is 0 Å². The van der Waals surface area contributed by atoms with Crippen LogP contribution in [0.5, 0.6) is 0 Å². The molecule has 3 aromatic rings. The maximum atomic E-state index is 6.25. The average molecular weight is 241 g/mol. The number of rotatable bonds is 1. The second-order valence-corrected chi connectivity index (χ2v) is 4.75. The highest BCUT2D eigenvalue weighted by molar-refractivity contribution is 6.32. The van der Waals surface area contributed by atoms with Crippen molar-refractivity contribution in [2.75, 3.05) is 0 Å². The van der Waals surface area contributed by atoms with Gasteiger partial charge in [0.15, 0.2) is 0 Å². The maximum Gasteiger partial charge on any atom is 0.0444 e. The molecule has 17 heavy (non-hydrogen) atoms. The molecule has 0 amide bonds. The largest absolute Gasteiger partial charge is 0.0840 e. The van der Waals surface area contributed by atoms with Crippen LogP contribution in [0.1, 0.15) is 12.5 Å². The van der Waals surface area contributed by atoms with E-state index in [1.807, 2.05) is 0 Å². The fourth-order valence-corrected chi connectivity index (χ4v) is 2.59. The van der Waals surface area contributed by atoms with Crippen molar-refractivity contribution in [1.82, 2.24) is 0 Å². The molecule has 0 aliphatic rings. The van der Waals surface area contributed by atoms with Crippen LogP contribution in [0, 0.1) is 0 Å². The van der Waals surface area contributed by atoms with Crippen molar-refractivity contribution in [3.63, 3.8) is 0 Å². The molecule has 0 fully saturated rings. The Kier molecular flexibility index (Phi) is 2.53. The zero-order valence-corrected chi connectivity index (χ0v) is 10.5. The van der Waals surface area contributed by atoms with E-state index in [2.05, 4.69) is 55.5 Å². The summed E-state index contributed by atoms with van der Waals surface area (Å²) >= 11 is 6.25. The smallest absolute Gasteiger partial charge is 0.0444 e. The van der Waals surface area contributed by atoms with Crippen LogP contribution in [0.25, 0.3) is 21.5 Å². The SMILES string of the molecule is CCc1cc2cc3ccccc3cc2cc1Cl. The van der Waals surface area contributed by atoms with Gasteiger partial charge < -0.3 is 0 Å². The fourth-order valence-electron chi connectivity index (χ4n) is 2.28. The molecule has 0 radical (unpaired) electrons. The summed E-state index contributed by atoms with van der Waals surface area (Å²) in [5.41, 5.74) is 1.22. The Morgan fingerprint density at radius 3 is 2.00 bits per heavy atom. The highest BCUT2D eigenvalue weighted by atomic mass is 35.5. The third-order valence-corrected chi connectivity index (χ3v) is 3.60. The predicted octanol–water partition coefficient (Wildman–Crippen LogP) is 5.21. The molecule has 84 valence electrons. The first kappa shape index (κ1) is 10.6. The van der Waals surface area contributed by atoms with Gasteiger partial charge in [-0.05, 0) is 57.8 Å². The van der Waals surface area contributed by atoms with Crippen LogP contribution in [0.4, 0.5) is 0 Å². The molecule has 0 bridgehead atoms. The molecule has 3 aromatic carbocycles. The Morgan fingerprint density at radius 2 is 1.41 bits per heavy atom. The first-order valence-corrected chi connectivity index (χ1v) is 6.26. The normalized spacial score (nSPS) is 11.2.